The van der Waals surface area contributed by atoms with E-state index in [1.54, 1.807) is 0 Å². The van der Waals surface area contributed by atoms with E-state index in [-0.39, 0.29) is 0 Å². The minimum absolute atomic E-state index is 0.441. The minimum atomic E-state index is 0.441. The lowest BCUT2D eigenvalue weighted by Crippen LogP contribution is -2.32. The van der Waals surface area contributed by atoms with Crippen molar-refractivity contribution in [1.82, 2.24) is 20.1 Å². The summed E-state index contributed by atoms with van der Waals surface area (Å²) < 4.78 is 1.95. The highest BCUT2D eigenvalue weighted by molar-refractivity contribution is 5.20. The SMILES string of the molecule is Cn1nc(C2CC2)nc1CNC(c1ccccc1)C1CCC1. The van der Waals surface area contributed by atoms with Gasteiger partial charge in [-0.15, -0.1) is 0 Å². The zero-order valence-electron chi connectivity index (χ0n) is 13.2. The van der Waals surface area contributed by atoms with Crippen LogP contribution in [-0.2, 0) is 13.6 Å². The van der Waals surface area contributed by atoms with Gasteiger partial charge < -0.3 is 5.32 Å². The normalized spacial score (nSPS) is 19.9. The molecule has 1 aromatic heterocycles. The molecular weight excluding hydrogens is 272 g/mol. The molecule has 0 saturated heterocycles. The Morgan fingerprint density at radius 3 is 2.59 bits per heavy atom. The minimum Gasteiger partial charge on any atom is -0.303 e. The van der Waals surface area contributed by atoms with Gasteiger partial charge in [-0.2, -0.15) is 5.10 Å². The molecule has 2 aromatic rings. The molecule has 0 spiro atoms. The fourth-order valence-corrected chi connectivity index (χ4v) is 3.30. The first-order chi connectivity index (χ1) is 10.8. The van der Waals surface area contributed by atoms with Gasteiger partial charge in [0.05, 0.1) is 6.54 Å². The molecule has 1 heterocycles. The molecule has 1 N–H and O–H groups in total. The first-order valence-electron chi connectivity index (χ1n) is 8.49. The molecule has 4 heteroatoms. The van der Waals surface area contributed by atoms with E-state index >= 15 is 0 Å². The van der Waals surface area contributed by atoms with Gasteiger partial charge in [-0.3, -0.25) is 4.68 Å². The summed E-state index contributed by atoms with van der Waals surface area (Å²) in [6.07, 6.45) is 6.54. The Labute approximate surface area is 132 Å². The van der Waals surface area contributed by atoms with Crippen LogP contribution in [0.1, 0.15) is 61.3 Å². The van der Waals surface area contributed by atoms with Crippen LogP contribution >= 0.6 is 0 Å². The van der Waals surface area contributed by atoms with Crippen molar-refractivity contribution >= 4 is 0 Å². The smallest absolute Gasteiger partial charge is 0.154 e. The van der Waals surface area contributed by atoms with Crippen molar-refractivity contribution in [1.29, 1.82) is 0 Å². The van der Waals surface area contributed by atoms with Crippen LogP contribution in [0.3, 0.4) is 0 Å². The second kappa shape index (κ2) is 5.84. The summed E-state index contributed by atoms with van der Waals surface area (Å²) >= 11 is 0. The van der Waals surface area contributed by atoms with Crippen molar-refractivity contribution in [3.05, 3.63) is 47.5 Å². The average molecular weight is 296 g/mol. The van der Waals surface area contributed by atoms with Crippen molar-refractivity contribution in [2.24, 2.45) is 13.0 Å². The maximum atomic E-state index is 4.73. The number of hydrogen-bond acceptors (Lipinski definition) is 3. The van der Waals surface area contributed by atoms with Crippen LogP contribution in [0.25, 0.3) is 0 Å². The van der Waals surface area contributed by atoms with Crippen LogP contribution in [0.4, 0.5) is 0 Å². The predicted molar refractivity (Wildman–Crippen MR) is 86.3 cm³/mol. The molecule has 116 valence electrons. The number of rotatable bonds is 6. The van der Waals surface area contributed by atoms with E-state index in [1.807, 2.05) is 11.7 Å². The standard InChI is InChI=1S/C18H24N4/c1-22-16(20-18(21-22)15-10-11-15)12-19-17(14-8-5-9-14)13-6-3-2-4-7-13/h2-4,6-7,14-15,17,19H,5,8-12H2,1H3. The van der Waals surface area contributed by atoms with Gasteiger partial charge in [-0.1, -0.05) is 36.8 Å². The zero-order chi connectivity index (χ0) is 14.9. The summed E-state index contributed by atoms with van der Waals surface area (Å²) in [5.74, 6) is 3.48. The highest BCUT2D eigenvalue weighted by Crippen LogP contribution is 2.39. The van der Waals surface area contributed by atoms with E-state index in [1.165, 1.54) is 37.7 Å². The van der Waals surface area contributed by atoms with Crippen molar-refractivity contribution in [3.63, 3.8) is 0 Å². The third kappa shape index (κ3) is 2.80. The fourth-order valence-electron chi connectivity index (χ4n) is 3.30. The molecule has 4 rings (SSSR count). The highest BCUT2D eigenvalue weighted by Gasteiger charge is 2.30. The molecular formula is C18H24N4. The van der Waals surface area contributed by atoms with E-state index in [0.717, 1.165) is 24.1 Å². The number of nitrogens with zero attached hydrogens (tertiary/aromatic N) is 3. The summed E-state index contributed by atoms with van der Waals surface area (Å²) in [5.41, 5.74) is 1.40. The summed E-state index contributed by atoms with van der Waals surface area (Å²) in [6, 6.07) is 11.3. The molecule has 1 atom stereocenters. The van der Waals surface area contributed by atoms with Gasteiger partial charge in [0, 0.05) is 19.0 Å². The lowest BCUT2D eigenvalue weighted by atomic mass is 9.77. The van der Waals surface area contributed by atoms with Gasteiger partial charge in [0.2, 0.25) is 0 Å². The maximum Gasteiger partial charge on any atom is 0.154 e. The van der Waals surface area contributed by atoms with Crippen molar-refractivity contribution in [2.45, 2.75) is 50.6 Å². The fraction of sp³-hybridized carbons (Fsp3) is 0.556. The predicted octanol–water partition coefficient (Wildman–Crippen LogP) is 3.32. The van der Waals surface area contributed by atoms with E-state index in [0.29, 0.717) is 12.0 Å². The van der Waals surface area contributed by atoms with Crippen LogP contribution in [0.15, 0.2) is 30.3 Å². The van der Waals surface area contributed by atoms with Gasteiger partial charge in [-0.25, -0.2) is 4.98 Å². The number of nitrogens with one attached hydrogen (secondary N) is 1. The van der Waals surface area contributed by atoms with Gasteiger partial charge in [0.1, 0.15) is 5.82 Å². The molecule has 4 nitrogen and oxygen atoms in total. The molecule has 0 bridgehead atoms. The summed E-state index contributed by atoms with van der Waals surface area (Å²) in [5, 5.41) is 8.31. The quantitative estimate of drug-likeness (QED) is 0.889. The Morgan fingerprint density at radius 2 is 1.95 bits per heavy atom. The Bertz CT molecular complexity index is 626. The molecule has 2 saturated carbocycles. The van der Waals surface area contributed by atoms with Crippen LogP contribution in [0, 0.1) is 5.92 Å². The first kappa shape index (κ1) is 13.9. The molecule has 0 amide bonds. The monoisotopic (exact) mass is 296 g/mol. The Kier molecular flexibility index (Phi) is 3.70. The van der Waals surface area contributed by atoms with E-state index in [2.05, 4.69) is 40.7 Å². The summed E-state index contributed by atoms with van der Waals surface area (Å²) in [7, 11) is 2.01. The molecule has 0 radical (unpaired) electrons. The zero-order valence-corrected chi connectivity index (χ0v) is 13.2. The maximum absolute atomic E-state index is 4.73. The number of benzene rings is 1. The summed E-state index contributed by atoms with van der Waals surface area (Å²) in [4.78, 5) is 4.73. The topological polar surface area (TPSA) is 42.7 Å². The average Bonchev–Trinajstić information content (AvgIpc) is 3.27. The van der Waals surface area contributed by atoms with E-state index < -0.39 is 0 Å². The number of aromatic nitrogens is 3. The Morgan fingerprint density at radius 1 is 1.18 bits per heavy atom. The molecule has 22 heavy (non-hydrogen) atoms. The number of aryl methyl sites for hydroxylation is 1. The van der Waals surface area contributed by atoms with Crippen LogP contribution < -0.4 is 5.32 Å². The second-order valence-corrected chi connectivity index (χ2v) is 6.74. The van der Waals surface area contributed by atoms with E-state index in [9.17, 15) is 0 Å². The third-order valence-electron chi connectivity index (χ3n) is 5.07. The van der Waals surface area contributed by atoms with E-state index in [4.69, 9.17) is 4.98 Å². The molecule has 0 aliphatic heterocycles. The molecule has 2 aliphatic rings. The second-order valence-electron chi connectivity index (χ2n) is 6.74. The highest BCUT2D eigenvalue weighted by atomic mass is 15.3. The van der Waals surface area contributed by atoms with Crippen LogP contribution in [-0.4, -0.2) is 14.8 Å². The van der Waals surface area contributed by atoms with Gasteiger partial charge in [0.25, 0.3) is 0 Å². The lowest BCUT2D eigenvalue weighted by Gasteiger charge is -2.34. The van der Waals surface area contributed by atoms with Crippen molar-refractivity contribution in [2.75, 3.05) is 0 Å². The van der Waals surface area contributed by atoms with Crippen LogP contribution in [0.2, 0.25) is 0 Å². The lowest BCUT2D eigenvalue weighted by molar-refractivity contribution is 0.228. The van der Waals surface area contributed by atoms with Gasteiger partial charge >= 0.3 is 0 Å². The summed E-state index contributed by atoms with van der Waals surface area (Å²) in [6.45, 7) is 0.798. The van der Waals surface area contributed by atoms with Gasteiger partial charge in [0.15, 0.2) is 5.82 Å². The first-order valence-corrected chi connectivity index (χ1v) is 8.49. The molecule has 1 aromatic carbocycles. The molecule has 2 aliphatic carbocycles. The van der Waals surface area contributed by atoms with Gasteiger partial charge in [-0.05, 0) is 37.2 Å². The van der Waals surface area contributed by atoms with Crippen molar-refractivity contribution < 1.29 is 0 Å². The van der Waals surface area contributed by atoms with Crippen LogP contribution in [0.5, 0.6) is 0 Å². The third-order valence-corrected chi connectivity index (χ3v) is 5.07. The molecule has 2 fully saturated rings. The largest absolute Gasteiger partial charge is 0.303 e. The Hall–Kier alpha value is -1.68. The number of hydrogen-bond donors (Lipinski definition) is 1. The van der Waals surface area contributed by atoms with Crippen molar-refractivity contribution in [3.8, 4) is 0 Å². The molecule has 1 unspecified atom stereocenters. The Balaban J connectivity index is 1.47.